The summed E-state index contributed by atoms with van der Waals surface area (Å²) in [6, 6.07) is 9.66. The summed E-state index contributed by atoms with van der Waals surface area (Å²) in [5.41, 5.74) is 1.63. The number of anilines is 1. The molecule has 144 valence electrons. The van der Waals surface area contributed by atoms with Crippen LogP contribution in [-0.4, -0.2) is 37.2 Å². The molecule has 0 spiro atoms. The third kappa shape index (κ3) is 3.58. The van der Waals surface area contributed by atoms with Crippen molar-refractivity contribution in [3.63, 3.8) is 0 Å². The van der Waals surface area contributed by atoms with Gasteiger partial charge in [0.2, 0.25) is 5.91 Å². The van der Waals surface area contributed by atoms with E-state index in [-0.39, 0.29) is 4.90 Å². The lowest BCUT2D eigenvalue weighted by Gasteiger charge is -2.05. The Balaban J connectivity index is 1.55. The number of hydrogen-bond donors (Lipinski definition) is 1. The molecule has 0 aliphatic rings. The van der Waals surface area contributed by atoms with Crippen molar-refractivity contribution in [2.45, 2.75) is 11.8 Å². The average Bonchev–Trinajstić information content (AvgIpc) is 3.23. The molecular weight excluding hydrogens is 418 g/mol. The predicted octanol–water partition coefficient (Wildman–Crippen LogP) is 3.64. The van der Waals surface area contributed by atoms with E-state index in [9.17, 15) is 13.2 Å². The highest BCUT2D eigenvalue weighted by Crippen LogP contribution is 2.35. The second-order valence-electron chi connectivity index (χ2n) is 6.00. The van der Waals surface area contributed by atoms with Gasteiger partial charge in [0.05, 0.1) is 37.4 Å². The van der Waals surface area contributed by atoms with Crippen molar-refractivity contribution < 1.29 is 17.9 Å². The zero-order chi connectivity index (χ0) is 19.9. The van der Waals surface area contributed by atoms with Gasteiger partial charge in [-0.05, 0) is 43.3 Å². The first kappa shape index (κ1) is 18.8. The number of rotatable bonds is 5. The number of benzene rings is 2. The minimum atomic E-state index is -3.76. The summed E-state index contributed by atoms with van der Waals surface area (Å²) in [4.78, 5) is 21.2. The van der Waals surface area contributed by atoms with Crippen LogP contribution in [0.25, 0.3) is 20.4 Å². The molecule has 1 amide bonds. The van der Waals surface area contributed by atoms with E-state index >= 15 is 0 Å². The number of hydrogen-bond acceptors (Lipinski definition) is 8. The maximum atomic E-state index is 12.5. The first-order chi connectivity index (χ1) is 13.4. The third-order valence-electron chi connectivity index (χ3n) is 4.00. The van der Waals surface area contributed by atoms with Crippen molar-refractivity contribution >= 4 is 64.0 Å². The van der Waals surface area contributed by atoms with Crippen molar-refractivity contribution in [1.82, 2.24) is 9.97 Å². The number of aryl methyl sites for hydroxylation is 1. The molecule has 2 heterocycles. The predicted molar refractivity (Wildman–Crippen MR) is 111 cm³/mol. The molecule has 2 aromatic heterocycles. The molecule has 0 aliphatic heterocycles. The fourth-order valence-corrected chi connectivity index (χ4v) is 5.89. The smallest absolute Gasteiger partial charge is 0.241 e. The van der Waals surface area contributed by atoms with Crippen LogP contribution in [0.15, 0.2) is 41.3 Å². The summed E-state index contributed by atoms with van der Waals surface area (Å²) < 4.78 is 31.9. The van der Waals surface area contributed by atoms with Crippen LogP contribution in [-0.2, 0) is 14.6 Å². The van der Waals surface area contributed by atoms with Gasteiger partial charge in [0.15, 0.2) is 15.0 Å². The Morgan fingerprint density at radius 3 is 2.36 bits per heavy atom. The van der Waals surface area contributed by atoms with Crippen LogP contribution in [0.2, 0.25) is 0 Å². The van der Waals surface area contributed by atoms with Crippen molar-refractivity contribution in [3.05, 3.63) is 41.4 Å². The first-order valence-corrected chi connectivity index (χ1v) is 11.5. The molecule has 0 fully saturated rings. The minimum Gasteiger partial charge on any atom is -0.497 e. The Kier molecular flexibility index (Phi) is 4.77. The van der Waals surface area contributed by atoms with Crippen LogP contribution in [0.3, 0.4) is 0 Å². The first-order valence-electron chi connectivity index (χ1n) is 8.19. The molecule has 10 heteroatoms. The van der Waals surface area contributed by atoms with Crippen molar-refractivity contribution in [2.24, 2.45) is 0 Å². The van der Waals surface area contributed by atoms with Gasteiger partial charge in [-0.3, -0.25) is 4.79 Å². The van der Waals surface area contributed by atoms with Crippen molar-refractivity contribution in [1.29, 1.82) is 0 Å². The maximum Gasteiger partial charge on any atom is 0.241 e. The molecule has 0 saturated carbocycles. The summed E-state index contributed by atoms with van der Waals surface area (Å²) in [6.45, 7) is 1.93. The molecule has 1 N–H and O–H groups in total. The highest BCUT2D eigenvalue weighted by atomic mass is 32.2. The molecule has 2 aromatic carbocycles. The standard InChI is InChI=1S/C18H15N3O4S3/c1-10-19-13-7-8-14-17(16(13)26-10)27-18(20-14)21-15(22)9-28(23,24)12-5-3-11(25-2)4-6-12/h3-8H,9H2,1-2H3,(H,20,21,22). The normalized spacial score (nSPS) is 11.8. The van der Waals surface area contributed by atoms with Crippen LogP contribution >= 0.6 is 22.7 Å². The van der Waals surface area contributed by atoms with Crippen LogP contribution in [0, 0.1) is 6.92 Å². The van der Waals surface area contributed by atoms with Gasteiger partial charge < -0.3 is 10.1 Å². The molecule has 0 bridgehead atoms. The molecule has 4 aromatic rings. The second kappa shape index (κ2) is 7.12. The molecule has 0 unspecified atom stereocenters. The number of carbonyl (C=O) groups excluding carboxylic acids is 1. The average molecular weight is 434 g/mol. The maximum absolute atomic E-state index is 12.5. The Hall–Kier alpha value is -2.56. The number of ether oxygens (including phenoxy) is 1. The Labute approximate surface area is 168 Å². The number of nitrogens with zero attached hydrogens (tertiary/aromatic N) is 2. The van der Waals surface area contributed by atoms with Gasteiger partial charge >= 0.3 is 0 Å². The zero-order valence-electron chi connectivity index (χ0n) is 14.9. The number of amides is 1. The summed E-state index contributed by atoms with van der Waals surface area (Å²) in [7, 11) is -2.27. The SMILES string of the molecule is COc1ccc(S(=O)(=O)CC(=O)Nc2nc3ccc4nc(C)sc4c3s2)cc1. The van der Waals surface area contributed by atoms with Gasteiger partial charge in [-0.25, -0.2) is 18.4 Å². The highest BCUT2D eigenvalue weighted by molar-refractivity contribution is 7.92. The highest BCUT2D eigenvalue weighted by Gasteiger charge is 2.21. The van der Waals surface area contributed by atoms with E-state index in [1.165, 1.54) is 30.6 Å². The zero-order valence-corrected chi connectivity index (χ0v) is 17.4. The van der Waals surface area contributed by atoms with Gasteiger partial charge in [-0.1, -0.05) is 11.3 Å². The van der Waals surface area contributed by atoms with E-state index in [1.807, 2.05) is 19.1 Å². The van der Waals surface area contributed by atoms with Gasteiger partial charge in [-0.2, -0.15) is 0 Å². The summed E-state index contributed by atoms with van der Waals surface area (Å²) in [5.74, 6) is -0.751. The van der Waals surface area contributed by atoms with Crippen molar-refractivity contribution in [2.75, 3.05) is 18.2 Å². The molecule has 0 atom stereocenters. The number of methoxy groups -OCH3 is 1. The summed E-state index contributed by atoms with van der Waals surface area (Å²) in [5, 5.41) is 3.92. The fraction of sp³-hybridized carbons (Fsp3) is 0.167. The quantitative estimate of drug-likeness (QED) is 0.516. The molecular formula is C18H15N3O4S3. The van der Waals surface area contributed by atoms with Crippen molar-refractivity contribution in [3.8, 4) is 5.75 Å². The molecule has 7 nitrogen and oxygen atoms in total. The van der Waals surface area contributed by atoms with E-state index in [2.05, 4.69) is 15.3 Å². The monoisotopic (exact) mass is 433 g/mol. The van der Waals surface area contributed by atoms with Crippen LogP contribution in [0.4, 0.5) is 5.13 Å². The topological polar surface area (TPSA) is 98.2 Å². The van der Waals surface area contributed by atoms with E-state index in [1.54, 1.807) is 23.5 Å². The molecule has 0 saturated heterocycles. The Morgan fingerprint density at radius 1 is 1.04 bits per heavy atom. The van der Waals surface area contributed by atoms with Gasteiger partial charge in [0.1, 0.15) is 11.5 Å². The number of fused-ring (bicyclic) bond motifs is 3. The van der Waals surface area contributed by atoms with Gasteiger partial charge in [0, 0.05) is 0 Å². The Morgan fingerprint density at radius 2 is 1.68 bits per heavy atom. The summed E-state index contributed by atoms with van der Waals surface area (Å²) in [6.07, 6.45) is 0. The van der Waals surface area contributed by atoms with E-state index in [0.717, 1.165) is 25.4 Å². The van der Waals surface area contributed by atoms with Crippen LogP contribution in [0.5, 0.6) is 5.75 Å². The Bertz CT molecular complexity index is 1290. The number of sulfone groups is 1. The lowest BCUT2D eigenvalue weighted by atomic mass is 10.3. The molecule has 4 rings (SSSR count). The number of aromatic nitrogens is 2. The fourth-order valence-electron chi connectivity index (χ4n) is 2.73. The van der Waals surface area contributed by atoms with Crippen LogP contribution in [0.1, 0.15) is 5.01 Å². The van der Waals surface area contributed by atoms with Gasteiger partial charge in [-0.15, -0.1) is 11.3 Å². The lowest BCUT2D eigenvalue weighted by molar-refractivity contribution is -0.113. The number of thiazole rings is 2. The molecule has 0 aliphatic carbocycles. The number of carbonyl (C=O) groups is 1. The molecule has 28 heavy (non-hydrogen) atoms. The second-order valence-corrected chi connectivity index (χ2v) is 10.2. The van der Waals surface area contributed by atoms with Crippen LogP contribution < -0.4 is 10.1 Å². The summed E-state index contributed by atoms with van der Waals surface area (Å²) >= 11 is 2.88. The number of nitrogens with one attached hydrogen (secondary N) is 1. The minimum absolute atomic E-state index is 0.0644. The third-order valence-corrected chi connectivity index (χ3v) is 7.78. The largest absolute Gasteiger partial charge is 0.497 e. The van der Waals surface area contributed by atoms with E-state index in [0.29, 0.717) is 10.9 Å². The van der Waals surface area contributed by atoms with Gasteiger partial charge in [0.25, 0.3) is 0 Å². The van der Waals surface area contributed by atoms with E-state index in [4.69, 9.17) is 4.74 Å². The lowest BCUT2D eigenvalue weighted by Crippen LogP contribution is -2.22. The van der Waals surface area contributed by atoms with E-state index < -0.39 is 21.5 Å². The molecule has 0 radical (unpaired) electrons.